The number of unbranched alkanes of at least 4 members (excludes halogenated alkanes) is 14. The molecule has 3 N–H and O–H groups in total. The Balaban J connectivity index is 4.12. The third kappa shape index (κ3) is 38.8. The highest BCUT2D eigenvalue weighted by Gasteiger charge is 2.22. The summed E-state index contributed by atoms with van der Waals surface area (Å²) in [6.45, 7) is 3.48. The molecule has 10 heteroatoms. The average Bonchev–Trinajstić information content (AvgIpc) is 3.09. The Bertz CT molecular complexity index is 1030. The second-order valence-corrected chi connectivity index (χ2v) is 14.3. The first-order valence-corrected chi connectivity index (χ1v) is 21.2. The number of phosphoric acid groups is 1. The van der Waals surface area contributed by atoms with E-state index in [0.29, 0.717) is 19.3 Å². The van der Waals surface area contributed by atoms with Gasteiger partial charge in [-0.2, -0.15) is 0 Å². The average molecular weight is 739 g/mol. The number of phosphoric ester groups is 1. The number of allylic oxidation sites excluding steroid dienone is 9. The molecule has 294 valence electrons. The quantitative estimate of drug-likeness (QED) is 0.0190. The Kier molecular flexibility index (Phi) is 34.5. The van der Waals surface area contributed by atoms with Crippen LogP contribution in [0.15, 0.2) is 60.8 Å². The van der Waals surface area contributed by atoms with Gasteiger partial charge >= 0.3 is 19.8 Å². The molecule has 0 heterocycles. The number of aliphatic hydroxyl groups is 1. The molecule has 0 saturated carbocycles. The minimum Gasteiger partial charge on any atom is -0.462 e. The van der Waals surface area contributed by atoms with E-state index in [9.17, 15) is 19.3 Å². The third-order valence-electron chi connectivity index (χ3n) is 8.11. The Morgan fingerprint density at radius 2 is 1.14 bits per heavy atom. The first-order valence-electron chi connectivity index (χ1n) is 19.7. The van der Waals surface area contributed by atoms with Gasteiger partial charge in [-0.1, -0.05) is 145 Å². The molecular formula is C41H71O9P. The SMILES string of the molecule is CCCCCC/C=C\CCCCCCCCCC(=O)OC[C@H](COP(=O)(O)O)OC(=O)CCC/C=C\C/C=C\C/C=C\C=C\[C@@H](O)CCCCC. The summed E-state index contributed by atoms with van der Waals surface area (Å²) >= 11 is 0. The minimum atomic E-state index is -4.78. The molecule has 0 aromatic rings. The van der Waals surface area contributed by atoms with Crippen LogP contribution in [-0.2, 0) is 28.2 Å². The molecule has 2 atom stereocenters. The van der Waals surface area contributed by atoms with Crippen LogP contribution in [0.5, 0.6) is 0 Å². The zero-order valence-electron chi connectivity index (χ0n) is 31.8. The second kappa shape index (κ2) is 36.1. The highest BCUT2D eigenvalue weighted by atomic mass is 31.2. The van der Waals surface area contributed by atoms with E-state index in [4.69, 9.17) is 19.3 Å². The lowest BCUT2D eigenvalue weighted by atomic mass is 10.1. The third-order valence-corrected chi connectivity index (χ3v) is 8.60. The highest BCUT2D eigenvalue weighted by Crippen LogP contribution is 2.36. The van der Waals surface area contributed by atoms with Crippen molar-refractivity contribution in [3.8, 4) is 0 Å². The van der Waals surface area contributed by atoms with Gasteiger partial charge in [-0.05, 0) is 64.2 Å². The topological polar surface area (TPSA) is 140 Å². The fourth-order valence-electron chi connectivity index (χ4n) is 5.12. The zero-order chi connectivity index (χ0) is 37.7. The molecule has 0 aromatic carbocycles. The summed E-state index contributed by atoms with van der Waals surface area (Å²) in [5.41, 5.74) is 0. The summed E-state index contributed by atoms with van der Waals surface area (Å²) in [6, 6.07) is 0. The van der Waals surface area contributed by atoms with Gasteiger partial charge in [0.2, 0.25) is 0 Å². The largest absolute Gasteiger partial charge is 0.469 e. The Morgan fingerprint density at radius 1 is 0.608 bits per heavy atom. The monoisotopic (exact) mass is 738 g/mol. The van der Waals surface area contributed by atoms with Crippen LogP contribution in [0.1, 0.15) is 162 Å². The van der Waals surface area contributed by atoms with Gasteiger partial charge in [0.1, 0.15) is 6.61 Å². The van der Waals surface area contributed by atoms with Crippen molar-refractivity contribution in [2.75, 3.05) is 13.2 Å². The Morgan fingerprint density at radius 3 is 1.80 bits per heavy atom. The van der Waals surface area contributed by atoms with Gasteiger partial charge in [-0.15, -0.1) is 0 Å². The molecule has 0 rings (SSSR count). The Hall–Kier alpha value is -2.29. The van der Waals surface area contributed by atoms with E-state index >= 15 is 0 Å². The minimum absolute atomic E-state index is 0.113. The summed E-state index contributed by atoms with van der Waals surface area (Å²) in [5, 5.41) is 9.86. The van der Waals surface area contributed by atoms with Crippen molar-refractivity contribution in [1.82, 2.24) is 0 Å². The molecule has 0 saturated heterocycles. The lowest BCUT2D eigenvalue weighted by molar-refractivity contribution is -0.161. The molecule has 0 fully saturated rings. The van der Waals surface area contributed by atoms with Gasteiger partial charge < -0.3 is 24.4 Å². The number of hydrogen-bond donors (Lipinski definition) is 3. The molecule has 0 aliphatic heterocycles. The molecule has 0 aliphatic carbocycles. The van der Waals surface area contributed by atoms with Crippen LogP contribution in [0, 0.1) is 0 Å². The van der Waals surface area contributed by atoms with Crippen LogP contribution in [0.2, 0.25) is 0 Å². The van der Waals surface area contributed by atoms with Crippen molar-refractivity contribution in [2.45, 2.75) is 174 Å². The zero-order valence-corrected chi connectivity index (χ0v) is 32.7. The van der Waals surface area contributed by atoms with Crippen molar-refractivity contribution in [3.05, 3.63) is 60.8 Å². The smallest absolute Gasteiger partial charge is 0.462 e. The second-order valence-electron chi connectivity index (χ2n) is 13.1. The van der Waals surface area contributed by atoms with Gasteiger partial charge in [-0.3, -0.25) is 14.1 Å². The number of carbonyl (C=O) groups excluding carboxylic acids is 2. The van der Waals surface area contributed by atoms with Crippen LogP contribution >= 0.6 is 7.82 Å². The lowest BCUT2D eigenvalue weighted by Gasteiger charge is -2.18. The first-order chi connectivity index (χ1) is 24.7. The number of carbonyl (C=O) groups is 2. The van der Waals surface area contributed by atoms with E-state index in [-0.39, 0.29) is 25.6 Å². The molecular weight excluding hydrogens is 667 g/mol. The molecule has 0 bridgehead atoms. The van der Waals surface area contributed by atoms with Gasteiger partial charge in [0.15, 0.2) is 6.10 Å². The Labute approximate surface area is 309 Å². The van der Waals surface area contributed by atoms with Crippen molar-refractivity contribution in [2.24, 2.45) is 0 Å². The van der Waals surface area contributed by atoms with Crippen LogP contribution in [0.4, 0.5) is 0 Å². The van der Waals surface area contributed by atoms with Crippen molar-refractivity contribution in [1.29, 1.82) is 0 Å². The summed E-state index contributed by atoms with van der Waals surface area (Å²) in [5.74, 6) is -0.986. The molecule has 0 unspecified atom stereocenters. The number of ether oxygens (including phenoxy) is 2. The van der Waals surface area contributed by atoms with E-state index in [1.807, 2.05) is 36.5 Å². The van der Waals surface area contributed by atoms with Crippen LogP contribution in [-0.4, -0.2) is 52.3 Å². The van der Waals surface area contributed by atoms with E-state index in [1.54, 1.807) is 0 Å². The molecule has 0 aliphatic rings. The van der Waals surface area contributed by atoms with Crippen molar-refractivity contribution < 1.29 is 43.0 Å². The molecule has 0 amide bonds. The first kappa shape index (κ1) is 48.7. The predicted octanol–water partition coefficient (Wildman–Crippen LogP) is 10.7. The molecule has 0 radical (unpaired) electrons. The van der Waals surface area contributed by atoms with Crippen LogP contribution < -0.4 is 0 Å². The maximum Gasteiger partial charge on any atom is 0.469 e. The molecule has 9 nitrogen and oxygen atoms in total. The maximum atomic E-state index is 12.4. The number of aliphatic hydroxyl groups excluding tert-OH is 1. The molecule has 0 spiro atoms. The van der Waals surface area contributed by atoms with E-state index in [0.717, 1.165) is 64.2 Å². The van der Waals surface area contributed by atoms with E-state index in [2.05, 4.69) is 42.7 Å². The maximum absolute atomic E-state index is 12.4. The summed E-state index contributed by atoms with van der Waals surface area (Å²) in [4.78, 5) is 42.7. The van der Waals surface area contributed by atoms with Gasteiger partial charge in [0.25, 0.3) is 0 Å². The van der Waals surface area contributed by atoms with Crippen LogP contribution in [0.25, 0.3) is 0 Å². The standard InChI is InChI=1S/C41H71O9P/c1-3-5-7-8-9-10-11-12-13-14-17-20-23-26-30-34-40(43)48-36-39(37-49-51(45,46)47)50-41(44)35-31-27-24-21-18-15-16-19-22-25-29-33-38(42)32-28-6-4-2/h10-11,15-16,21-22,24-25,29,33,38-39,42H,3-9,12-14,17-20,23,26-28,30-32,34-37H2,1-2H3,(H2,45,46,47)/b11-10-,16-15-,24-21-,25-22-,33-29+/t38-,39+/m0/s1. The van der Waals surface area contributed by atoms with E-state index < -0.39 is 32.5 Å². The number of rotatable bonds is 35. The van der Waals surface area contributed by atoms with Gasteiger partial charge in [-0.25, -0.2) is 4.57 Å². The molecule has 51 heavy (non-hydrogen) atoms. The normalized spacial score (nSPS) is 13.7. The molecule has 0 aromatic heterocycles. The summed E-state index contributed by atoms with van der Waals surface area (Å²) < 4.78 is 26.3. The highest BCUT2D eigenvalue weighted by molar-refractivity contribution is 7.46. The van der Waals surface area contributed by atoms with Gasteiger partial charge in [0, 0.05) is 12.8 Å². The summed E-state index contributed by atoms with van der Waals surface area (Å²) in [6.07, 6.45) is 41.3. The summed E-state index contributed by atoms with van der Waals surface area (Å²) in [7, 11) is -4.78. The van der Waals surface area contributed by atoms with Crippen molar-refractivity contribution >= 4 is 19.8 Å². The van der Waals surface area contributed by atoms with Crippen LogP contribution in [0.3, 0.4) is 0 Å². The predicted molar refractivity (Wildman–Crippen MR) is 208 cm³/mol. The fraction of sp³-hybridized carbons (Fsp3) is 0.707. The number of esters is 2. The van der Waals surface area contributed by atoms with Crippen molar-refractivity contribution in [3.63, 3.8) is 0 Å². The van der Waals surface area contributed by atoms with Gasteiger partial charge in [0.05, 0.1) is 12.7 Å². The fourth-order valence-corrected chi connectivity index (χ4v) is 5.48. The van der Waals surface area contributed by atoms with E-state index in [1.165, 1.54) is 51.4 Å². The lowest BCUT2D eigenvalue weighted by Crippen LogP contribution is -2.29. The number of hydrogen-bond acceptors (Lipinski definition) is 7.